The number of nitrogens with two attached hydrogens (primary N) is 1. The number of nitrogens with one attached hydrogen (secondary N) is 1. The molecule has 1 amide bonds. The summed E-state index contributed by atoms with van der Waals surface area (Å²) in [4.78, 5) is 16.0. The third-order valence-corrected chi connectivity index (χ3v) is 5.76. The summed E-state index contributed by atoms with van der Waals surface area (Å²) in [7, 11) is 0. The predicted octanol–water partition coefficient (Wildman–Crippen LogP) is 4.63. The lowest BCUT2D eigenvalue weighted by atomic mass is 9.79. The number of carbonyl (C=O) groups excluding carboxylic acids is 1. The Morgan fingerprint density at radius 1 is 1.15 bits per heavy atom. The summed E-state index contributed by atoms with van der Waals surface area (Å²) in [5.41, 5.74) is 6.44. The van der Waals surface area contributed by atoms with Crippen molar-refractivity contribution < 1.29 is 31.1 Å². The first-order chi connectivity index (χ1) is 15.5. The normalized spacial score (nSPS) is 20.6. The number of carbonyl (C=O) groups is 1. The summed E-state index contributed by atoms with van der Waals surface area (Å²) >= 11 is 0. The molecule has 6 nitrogen and oxygen atoms in total. The molecule has 3 N–H and O–H groups in total. The third kappa shape index (κ3) is 7.05. The van der Waals surface area contributed by atoms with E-state index in [1.165, 1.54) is 16.8 Å². The Labute approximate surface area is 186 Å². The van der Waals surface area contributed by atoms with Crippen molar-refractivity contribution in [2.75, 3.05) is 0 Å². The van der Waals surface area contributed by atoms with Crippen LogP contribution in [0.3, 0.4) is 0 Å². The molecule has 2 heterocycles. The van der Waals surface area contributed by atoms with Crippen LogP contribution in [0.2, 0.25) is 0 Å². The first-order valence-corrected chi connectivity index (χ1v) is 10.9. The highest BCUT2D eigenvalue weighted by Gasteiger charge is 2.46. The van der Waals surface area contributed by atoms with E-state index in [1.54, 1.807) is 6.20 Å². The van der Waals surface area contributed by atoms with Gasteiger partial charge in [0.15, 0.2) is 5.65 Å². The molecule has 2 aliphatic rings. The molecule has 2 aromatic heterocycles. The van der Waals surface area contributed by atoms with Crippen molar-refractivity contribution in [3.8, 4) is 0 Å². The highest BCUT2D eigenvalue weighted by Crippen LogP contribution is 2.44. The molecule has 1 unspecified atom stereocenters. The van der Waals surface area contributed by atoms with Crippen molar-refractivity contribution in [1.82, 2.24) is 19.9 Å². The molecular formula is C21H27F6N5O. The summed E-state index contributed by atoms with van der Waals surface area (Å²) in [6.45, 7) is 0.180. The van der Waals surface area contributed by atoms with Gasteiger partial charge in [0.25, 0.3) is 6.43 Å². The molecule has 12 heteroatoms. The molecule has 0 radical (unpaired) electrons. The number of alkyl halides is 6. The van der Waals surface area contributed by atoms with Crippen molar-refractivity contribution in [2.45, 2.75) is 82.2 Å². The maximum Gasteiger partial charge on any atom is 0.262 e. The Hall–Kier alpha value is -2.37. The lowest BCUT2D eigenvalue weighted by molar-refractivity contribution is -0.135. The Morgan fingerprint density at radius 3 is 2.33 bits per heavy atom. The van der Waals surface area contributed by atoms with E-state index in [0.717, 1.165) is 6.42 Å². The van der Waals surface area contributed by atoms with Gasteiger partial charge in [0.2, 0.25) is 17.8 Å². The second kappa shape index (κ2) is 10.3. The van der Waals surface area contributed by atoms with Crippen molar-refractivity contribution in [2.24, 2.45) is 11.7 Å². The van der Waals surface area contributed by atoms with Gasteiger partial charge in [-0.25, -0.2) is 35.8 Å². The van der Waals surface area contributed by atoms with Crippen LogP contribution in [-0.2, 0) is 11.3 Å². The summed E-state index contributed by atoms with van der Waals surface area (Å²) in [6.07, 6.45) is 1.60. The molecule has 4 rings (SSSR count). The molecule has 0 aromatic carbocycles. The quantitative estimate of drug-likeness (QED) is 0.592. The highest BCUT2D eigenvalue weighted by atomic mass is 19.3. The topological polar surface area (TPSA) is 85.3 Å². The monoisotopic (exact) mass is 479 g/mol. The first kappa shape index (κ1) is 25.3. The predicted molar refractivity (Wildman–Crippen MR) is 108 cm³/mol. The average Bonchev–Trinajstić information content (AvgIpc) is 3.13. The third-order valence-electron chi connectivity index (χ3n) is 5.76. The Balaban J connectivity index is 0.000000323. The van der Waals surface area contributed by atoms with Crippen LogP contribution in [0, 0.1) is 5.92 Å². The van der Waals surface area contributed by atoms with Gasteiger partial charge in [0.1, 0.15) is 6.04 Å². The largest absolute Gasteiger partial charge is 0.343 e. The fraction of sp³-hybridized carbons (Fsp3) is 0.667. The minimum atomic E-state index is -2.88. The Kier molecular flexibility index (Phi) is 7.86. The van der Waals surface area contributed by atoms with Gasteiger partial charge in [-0.2, -0.15) is 5.10 Å². The van der Waals surface area contributed by atoms with E-state index in [4.69, 9.17) is 5.73 Å². The number of rotatable bonds is 6. The highest BCUT2D eigenvalue weighted by molar-refractivity contribution is 5.77. The molecule has 2 aromatic rings. The van der Waals surface area contributed by atoms with Crippen LogP contribution in [0.1, 0.15) is 68.7 Å². The van der Waals surface area contributed by atoms with E-state index in [2.05, 4.69) is 15.4 Å². The number of hydrogen-bond acceptors (Lipinski definition) is 4. The summed E-state index contributed by atoms with van der Waals surface area (Å²) < 4.78 is 78.1. The first-order valence-electron chi connectivity index (χ1n) is 10.9. The van der Waals surface area contributed by atoms with Gasteiger partial charge in [0, 0.05) is 44.2 Å². The fourth-order valence-corrected chi connectivity index (χ4v) is 3.99. The zero-order chi connectivity index (χ0) is 24.2. The van der Waals surface area contributed by atoms with E-state index in [-0.39, 0.29) is 44.2 Å². The molecular weight excluding hydrogens is 452 g/mol. The maximum atomic E-state index is 13.4. The number of imidazole rings is 1. The summed E-state index contributed by atoms with van der Waals surface area (Å²) in [6, 6.07) is -0.190. The Bertz CT molecular complexity index is 934. The van der Waals surface area contributed by atoms with Crippen LogP contribution in [0.25, 0.3) is 5.65 Å². The van der Waals surface area contributed by atoms with Gasteiger partial charge in [-0.05, 0) is 24.8 Å². The average molecular weight is 479 g/mol. The van der Waals surface area contributed by atoms with Crippen molar-refractivity contribution in [3.05, 3.63) is 29.7 Å². The van der Waals surface area contributed by atoms with Crippen LogP contribution in [-0.4, -0.2) is 38.8 Å². The van der Waals surface area contributed by atoms with Gasteiger partial charge in [-0.15, -0.1) is 0 Å². The van der Waals surface area contributed by atoms with Gasteiger partial charge >= 0.3 is 0 Å². The van der Waals surface area contributed by atoms with Crippen molar-refractivity contribution in [3.63, 3.8) is 0 Å². The number of aromatic nitrogens is 3. The number of fused-ring (bicyclic) bond motifs is 1. The Morgan fingerprint density at radius 2 is 1.82 bits per heavy atom. The molecule has 33 heavy (non-hydrogen) atoms. The molecule has 2 aliphatic carbocycles. The second-order valence-electron chi connectivity index (χ2n) is 8.66. The number of hydrogen-bond donors (Lipinski definition) is 2. The van der Waals surface area contributed by atoms with Crippen LogP contribution >= 0.6 is 0 Å². The van der Waals surface area contributed by atoms with E-state index < -0.39 is 36.1 Å². The minimum absolute atomic E-state index is 0.0870. The van der Waals surface area contributed by atoms with Crippen molar-refractivity contribution >= 4 is 11.6 Å². The minimum Gasteiger partial charge on any atom is -0.343 e. The molecule has 0 saturated heterocycles. The molecule has 2 saturated carbocycles. The van der Waals surface area contributed by atoms with E-state index >= 15 is 0 Å². The molecule has 0 aliphatic heterocycles. The number of nitrogens with zero attached hydrogens (tertiary/aromatic N) is 3. The maximum absolute atomic E-state index is 13.4. The number of halogens is 6. The molecule has 0 spiro atoms. The zero-order valence-electron chi connectivity index (χ0n) is 17.9. The van der Waals surface area contributed by atoms with Crippen LogP contribution in [0.15, 0.2) is 18.5 Å². The lowest BCUT2D eigenvalue weighted by Gasteiger charge is -2.34. The lowest BCUT2D eigenvalue weighted by Crippen LogP contribution is -2.40. The van der Waals surface area contributed by atoms with Crippen LogP contribution < -0.4 is 11.1 Å². The summed E-state index contributed by atoms with van der Waals surface area (Å²) in [5.74, 6) is -6.23. The standard InChI is InChI=1S/C15H17F4N5O.C6H10F2/c16-14(17)13(23-12(25)1-8-3-15(18,19)4-8)9-2-11-22-10(5-20)7-24(11)21-6-9;7-6(8)4-2-1-3-5-6/h2,6-8,13-14H,1,3-5,20H2,(H,23,25);1-5H2. The summed E-state index contributed by atoms with van der Waals surface area (Å²) in [5, 5.41) is 6.19. The zero-order valence-corrected chi connectivity index (χ0v) is 17.9. The number of amides is 1. The molecule has 1 atom stereocenters. The van der Waals surface area contributed by atoms with Crippen molar-refractivity contribution in [1.29, 1.82) is 0 Å². The molecule has 2 fully saturated rings. The van der Waals surface area contributed by atoms with Crippen LogP contribution in [0.5, 0.6) is 0 Å². The van der Waals surface area contributed by atoms with Gasteiger partial charge < -0.3 is 11.1 Å². The van der Waals surface area contributed by atoms with Crippen LogP contribution in [0.4, 0.5) is 26.3 Å². The van der Waals surface area contributed by atoms with Gasteiger partial charge in [0.05, 0.1) is 18.1 Å². The SMILES string of the molecule is FC1(F)CCCCC1.NCc1cn2ncc(C(NC(=O)CC3CC(F)(F)C3)C(F)F)cc2n1. The van der Waals surface area contributed by atoms with Gasteiger partial charge in [-0.3, -0.25) is 4.79 Å². The van der Waals surface area contributed by atoms with Gasteiger partial charge in [-0.1, -0.05) is 6.42 Å². The molecule has 184 valence electrons. The van der Waals surface area contributed by atoms with E-state index in [9.17, 15) is 31.1 Å². The fourth-order valence-electron chi connectivity index (χ4n) is 3.99. The van der Waals surface area contributed by atoms with E-state index in [0.29, 0.717) is 24.2 Å². The smallest absolute Gasteiger partial charge is 0.262 e. The van der Waals surface area contributed by atoms with E-state index in [1.807, 2.05) is 0 Å². The molecule has 0 bridgehead atoms. The second-order valence-corrected chi connectivity index (χ2v) is 8.66.